The fourth-order valence-electron chi connectivity index (χ4n) is 2.98. The molecule has 0 aliphatic carbocycles. The molecule has 1 aliphatic rings. The molecular formula is C16H22N4OS. The first-order valence-electron chi connectivity index (χ1n) is 7.84. The summed E-state index contributed by atoms with van der Waals surface area (Å²) in [7, 11) is 0. The molecule has 2 aromatic heterocycles. The molecule has 1 fully saturated rings. The van der Waals surface area contributed by atoms with Crippen LogP contribution in [0.15, 0.2) is 12.4 Å². The van der Waals surface area contributed by atoms with Crippen LogP contribution in [0.3, 0.4) is 0 Å². The number of amides is 1. The van der Waals surface area contributed by atoms with E-state index in [4.69, 9.17) is 0 Å². The van der Waals surface area contributed by atoms with E-state index in [1.165, 1.54) is 4.88 Å². The molecule has 1 saturated heterocycles. The molecular weight excluding hydrogens is 296 g/mol. The molecule has 118 valence electrons. The maximum atomic E-state index is 12.8. The van der Waals surface area contributed by atoms with E-state index in [0.29, 0.717) is 5.92 Å². The van der Waals surface area contributed by atoms with Crippen LogP contribution in [0.1, 0.15) is 51.6 Å². The smallest absolute Gasteiger partial charge is 0.257 e. The number of hydrogen-bond acceptors (Lipinski definition) is 4. The molecule has 3 heterocycles. The summed E-state index contributed by atoms with van der Waals surface area (Å²) in [6.07, 6.45) is 5.95. The second kappa shape index (κ2) is 6.20. The highest BCUT2D eigenvalue weighted by Gasteiger charge is 2.28. The molecule has 0 saturated carbocycles. The number of hydrogen-bond donors (Lipinski definition) is 0. The third kappa shape index (κ3) is 2.92. The zero-order valence-electron chi connectivity index (χ0n) is 13.4. The number of aryl methyl sites for hydroxylation is 3. The van der Waals surface area contributed by atoms with Crippen LogP contribution >= 0.6 is 11.3 Å². The van der Waals surface area contributed by atoms with Crippen molar-refractivity contribution in [1.82, 2.24) is 19.7 Å². The highest BCUT2D eigenvalue weighted by atomic mass is 32.1. The molecule has 6 heteroatoms. The van der Waals surface area contributed by atoms with Gasteiger partial charge in [0.05, 0.1) is 16.3 Å². The van der Waals surface area contributed by atoms with E-state index in [9.17, 15) is 4.79 Å². The topological polar surface area (TPSA) is 51.0 Å². The van der Waals surface area contributed by atoms with Gasteiger partial charge in [-0.05, 0) is 33.6 Å². The van der Waals surface area contributed by atoms with Gasteiger partial charge >= 0.3 is 0 Å². The Kier molecular flexibility index (Phi) is 4.29. The quantitative estimate of drug-likeness (QED) is 0.874. The van der Waals surface area contributed by atoms with Gasteiger partial charge in [-0.2, -0.15) is 5.10 Å². The molecule has 0 radical (unpaired) electrons. The standard InChI is InChI=1S/C16H22N4OS/c1-4-20-10-14(12(3)18-20)16(21)19-7-5-6-13(9-19)15-17-8-11(2)22-15/h8,10,13H,4-7,9H2,1-3H3. The summed E-state index contributed by atoms with van der Waals surface area (Å²) in [5.74, 6) is 0.480. The molecule has 1 atom stereocenters. The molecule has 22 heavy (non-hydrogen) atoms. The zero-order valence-corrected chi connectivity index (χ0v) is 14.2. The summed E-state index contributed by atoms with van der Waals surface area (Å²) in [5, 5.41) is 5.55. The van der Waals surface area contributed by atoms with Gasteiger partial charge < -0.3 is 4.90 Å². The van der Waals surface area contributed by atoms with Crippen LogP contribution in [0.2, 0.25) is 0 Å². The van der Waals surface area contributed by atoms with E-state index in [2.05, 4.69) is 17.0 Å². The van der Waals surface area contributed by atoms with Gasteiger partial charge in [-0.3, -0.25) is 9.48 Å². The van der Waals surface area contributed by atoms with Gasteiger partial charge in [0.1, 0.15) is 0 Å². The lowest BCUT2D eigenvalue weighted by Gasteiger charge is -2.31. The third-order valence-electron chi connectivity index (χ3n) is 4.20. The van der Waals surface area contributed by atoms with E-state index < -0.39 is 0 Å². The minimum Gasteiger partial charge on any atom is -0.338 e. The fourth-order valence-corrected chi connectivity index (χ4v) is 3.88. The van der Waals surface area contributed by atoms with Crippen molar-refractivity contribution >= 4 is 17.2 Å². The van der Waals surface area contributed by atoms with E-state index in [1.54, 1.807) is 11.3 Å². The van der Waals surface area contributed by atoms with Gasteiger partial charge in [0.2, 0.25) is 0 Å². The first-order chi connectivity index (χ1) is 10.6. The van der Waals surface area contributed by atoms with E-state index in [0.717, 1.165) is 48.7 Å². The average molecular weight is 318 g/mol. The number of aromatic nitrogens is 3. The number of nitrogens with zero attached hydrogens (tertiary/aromatic N) is 4. The number of carbonyl (C=O) groups is 1. The van der Waals surface area contributed by atoms with Gasteiger partial charge in [0.15, 0.2) is 0 Å². The fraction of sp³-hybridized carbons (Fsp3) is 0.562. The monoisotopic (exact) mass is 318 g/mol. The maximum absolute atomic E-state index is 12.8. The molecule has 5 nitrogen and oxygen atoms in total. The normalized spacial score (nSPS) is 18.7. The second-order valence-electron chi connectivity index (χ2n) is 5.88. The Morgan fingerprint density at radius 1 is 1.45 bits per heavy atom. The molecule has 1 unspecified atom stereocenters. The van der Waals surface area contributed by atoms with Crippen molar-refractivity contribution in [3.05, 3.63) is 33.5 Å². The number of carbonyl (C=O) groups excluding carboxylic acids is 1. The largest absolute Gasteiger partial charge is 0.338 e. The Balaban J connectivity index is 1.76. The van der Waals surface area contributed by atoms with Gasteiger partial charge in [0, 0.05) is 42.8 Å². The van der Waals surface area contributed by atoms with E-state index >= 15 is 0 Å². The Hall–Kier alpha value is -1.69. The van der Waals surface area contributed by atoms with Gasteiger partial charge in [-0.25, -0.2) is 4.98 Å². The minimum atomic E-state index is 0.107. The van der Waals surface area contributed by atoms with Crippen molar-refractivity contribution in [2.75, 3.05) is 13.1 Å². The Labute approximate surface area is 135 Å². The van der Waals surface area contributed by atoms with Crippen LogP contribution in [-0.4, -0.2) is 38.7 Å². The summed E-state index contributed by atoms with van der Waals surface area (Å²) in [6, 6.07) is 0. The number of thiazole rings is 1. The molecule has 0 spiro atoms. The molecule has 1 aliphatic heterocycles. The Bertz CT molecular complexity index is 675. The molecule has 0 N–H and O–H groups in total. The highest BCUT2D eigenvalue weighted by Crippen LogP contribution is 2.30. The van der Waals surface area contributed by atoms with Crippen molar-refractivity contribution in [1.29, 1.82) is 0 Å². The number of rotatable bonds is 3. The third-order valence-corrected chi connectivity index (χ3v) is 5.27. The van der Waals surface area contributed by atoms with E-state index in [-0.39, 0.29) is 5.91 Å². The van der Waals surface area contributed by atoms with Crippen molar-refractivity contribution < 1.29 is 4.79 Å². The predicted molar refractivity (Wildman–Crippen MR) is 87.4 cm³/mol. The van der Waals surface area contributed by atoms with Crippen molar-refractivity contribution in [3.8, 4) is 0 Å². The number of piperidine rings is 1. The zero-order chi connectivity index (χ0) is 15.7. The van der Waals surface area contributed by atoms with Crippen molar-refractivity contribution in [2.24, 2.45) is 0 Å². The molecule has 2 aromatic rings. The van der Waals surface area contributed by atoms with Gasteiger partial charge in [-0.15, -0.1) is 11.3 Å². The van der Waals surface area contributed by atoms with Gasteiger partial charge in [-0.1, -0.05) is 0 Å². The predicted octanol–water partition coefficient (Wildman–Crippen LogP) is 3.00. The lowest BCUT2D eigenvalue weighted by atomic mass is 9.98. The second-order valence-corrected chi connectivity index (χ2v) is 7.15. The average Bonchev–Trinajstić information content (AvgIpc) is 3.12. The summed E-state index contributed by atoms with van der Waals surface area (Å²) in [6.45, 7) is 8.40. The van der Waals surface area contributed by atoms with Gasteiger partial charge in [0.25, 0.3) is 5.91 Å². The highest BCUT2D eigenvalue weighted by molar-refractivity contribution is 7.11. The Morgan fingerprint density at radius 3 is 2.91 bits per heavy atom. The first-order valence-corrected chi connectivity index (χ1v) is 8.65. The molecule has 3 rings (SSSR count). The summed E-state index contributed by atoms with van der Waals surface area (Å²) in [5.41, 5.74) is 1.55. The van der Waals surface area contributed by atoms with Crippen molar-refractivity contribution in [3.63, 3.8) is 0 Å². The van der Waals surface area contributed by atoms with Crippen molar-refractivity contribution in [2.45, 2.75) is 46.1 Å². The van der Waals surface area contributed by atoms with Crippen LogP contribution in [0.25, 0.3) is 0 Å². The molecule has 0 aromatic carbocycles. The lowest BCUT2D eigenvalue weighted by Crippen LogP contribution is -2.39. The SMILES string of the molecule is CCn1cc(C(=O)N2CCCC(c3ncc(C)s3)C2)c(C)n1. The van der Waals surface area contributed by atoms with E-state index in [1.807, 2.05) is 35.8 Å². The summed E-state index contributed by atoms with van der Waals surface area (Å²) in [4.78, 5) is 20.5. The molecule has 0 bridgehead atoms. The lowest BCUT2D eigenvalue weighted by molar-refractivity contribution is 0.0706. The Morgan fingerprint density at radius 2 is 2.27 bits per heavy atom. The number of likely N-dealkylation sites (tertiary alicyclic amines) is 1. The first kappa shape index (κ1) is 15.2. The molecule has 1 amide bonds. The van der Waals surface area contributed by atoms with Crippen LogP contribution < -0.4 is 0 Å². The summed E-state index contributed by atoms with van der Waals surface area (Å²) < 4.78 is 1.83. The summed E-state index contributed by atoms with van der Waals surface area (Å²) >= 11 is 1.75. The van der Waals surface area contributed by atoms with Crippen LogP contribution in [0.5, 0.6) is 0 Å². The van der Waals surface area contributed by atoms with Crippen LogP contribution in [0, 0.1) is 13.8 Å². The maximum Gasteiger partial charge on any atom is 0.257 e. The van der Waals surface area contributed by atoms with Crippen LogP contribution in [-0.2, 0) is 6.54 Å². The minimum absolute atomic E-state index is 0.107. The van der Waals surface area contributed by atoms with Crippen LogP contribution in [0.4, 0.5) is 0 Å².